The molecule has 0 unspecified atom stereocenters. The second kappa shape index (κ2) is 7.31. The van der Waals surface area contributed by atoms with E-state index in [1.54, 1.807) is 0 Å². The average molecular weight is 293 g/mol. The van der Waals surface area contributed by atoms with Crippen LogP contribution in [0.25, 0.3) is 6.08 Å². The maximum absolute atomic E-state index is 3.60. The minimum absolute atomic E-state index is 0.653. The third kappa shape index (κ3) is 4.24. The highest BCUT2D eigenvalue weighted by Gasteiger charge is 2.08. The second-order valence-corrected chi connectivity index (χ2v) is 6.48. The molecule has 0 radical (unpaired) electrons. The Balaban J connectivity index is 2.41. The van der Waals surface area contributed by atoms with E-state index in [4.69, 9.17) is 0 Å². The molecule has 0 aliphatic carbocycles. The summed E-state index contributed by atoms with van der Waals surface area (Å²) in [5, 5.41) is 3.60. The van der Waals surface area contributed by atoms with Gasteiger partial charge in [-0.25, -0.2) is 0 Å². The van der Waals surface area contributed by atoms with Gasteiger partial charge in [-0.1, -0.05) is 44.2 Å². The van der Waals surface area contributed by atoms with Gasteiger partial charge in [-0.15, -0.1) is 0 Å². The number of hydrogen-bond acceptors (Lipinski definition) is 1. The van der Waals surface area contributed by atoms with Crippen LogP contribution >= 0.6 is 0 Å². The Labute approximate surface area is 135 Å². The van der Waals surface area contributed by atoms with Gasteiger partial charge in [-0.3, -0.25) is 0 Å². The number of allylic oxidation sites excluding steroid dienone is 1. The number of aryl methyl sites for hydroxylation is 2. The molecule has 0 spiro atoms. The molecule has 2 aromatic carbocycles. The minimum Gasteiger partial charge on any atom is -0.355 e. The van der Waals surface area contributed by atoms with E-state index in [0.717, 1.165) is 12.1 Å². The molecule has 0 aliphatic heterocycles. The van der Waals surface area contributed by atoms with E-state index in [1.165, 1.54) is 27.9 Å². The molecular formula is C21H27N. The fraction of sp³-hybridized carbons (Fsp3) is 0.333. The van der Waals surface area contributed by atoms with E-state index >= 15 is 0 Å². The number of rotatable bonds is 5. The lowest BCUT2D eigenvalue weighted by Crippen LogP contribution is -2.01. The van der Waals surface area contributed by atoms with Crippen molar-refractivity contribution in [3.63, 3.8) is 0 Å². The smallest absolute Gasteiger partial charge is 0.0460 e. The highest BCUT2D eigenvalue weighted by molar-refractivity contribution is 5.74. The van der Waals surface area contributed by atoms with Gasteiger partial charge in [0.05, 0.1) is 0 Å². The summed E-state index contributed by atoms with van der Waals surface area (Å²) < 4.78 is 0. The monoisotopic (exact) mass is 293 g/mol. The number of nitrogens with one attached hydrogen (secondary N) is 1. The Morgan fingerprint density at radius 3 is 2.32 bits per heavy atom. The highest BCUT2D eigenvalue weighted by atomic mass is 14.9. The summed E-state index contributed by atoms with van der Waals surface area (Å²) in [5.41, 5.74) is 7.62. The van der Waals surface area contributed by atoms with E-state index in [0.29, 0.717) is 5.92 Å². The molecule has 0 atom stereocenters. The normalized spacial score (nSPS) is 11.4. The molecule has 2 aromatic rings. The lowest BCUT2D eigenvalue weighted by atomic mass is 9.96. The van der Waals surface area contributed by atoms with Crippen molar-refractivity contribution in [3.05, 3.63) is 64.7 Å². The van der Waals surface area contributed by atoms with Crippen LogP contribution < -0.4 is 5.32 Å². The Morgan fingerprint density at radius 1 is 1.05 bits per heavy atom. The number of anilines is 2. The molecule has 0 aliphatic rings. The summed E-state index contributed by atoms with van der Waals surface area (Å²) in [6.45, 7) is 10.9. The van der Waals surface area contributed by atoms with Crippen molar-refractivity contribution in [2.75, 3.05) is 5.32 Å². The SMILES string of the molecule is C/C=C\c1c(CC(C)C)cccc1Nc1cc(C)cc(C)c1. The van der Waals surface area contributed by atoms with Crippen molar-refractivity contribution in [2.24, 2.45) is 5.92 Å². The summed E-state index contributed by atoms with van der Waals surface area (Å²) >= 11 is 0. The fourth-order valence-electron chi connectivity index (χ4n) is 2.91. The van der Waals surface area contributed by atoms with Crippen molar-refractivity contribution < 1.29 is 0 Å². The number of hydrogen-bond donors (Lipinski definition) is 1. The first-order chi connectivity index (χ1) is 10.5. The first kappa shape index (κ1) is 16.4. The second-order valence-electron chi connectivity index (χ2n) is 6.48. The van der Waals surface area contributed by atoms with Crippen LogP contribution in [-0.4, -0.2) is 0 Å². The summed E-state index contributed by atoms with van der Waals surface area (Å²) in [6.07, 6.45) is 5.43. The van der Waals surface area contributed by atoms with Crippen LogP contribution in [0.2, 0.25) is 0 Å². The van der Waals surface area contributed by atoms with Gasteiger partial charge in [0.25, 0.3) is 0 Å². The third-order valence-corrected chi connectivity index (χ3v) is 3.66. The predicted molar refractivity (Wildman–Crippen MR) is 98.9 cm³/mol. The van der Waals surface area contributed by atoms with Gasteiger partial charge in [-0.05, 0) is 68.0 Å². The molecule has 0 saturated carbocycles. The summed E-state index contributed by atoms with van der Waals surface area (Å²) in [6, 6.07) is 13.1. The van der Waals surface area contributed by atoms with Crippen LogP contribution in [0.3, 0.4) is 0 Å². The highest BCUT2D eigenvalue weighted by Crippen LogP contribution is 2.28. The Kier molecular flexibility index (Phi) is 5.43. The van der Waals surface area contributed by atoms with E-state index in [2.05, 4.69) is 88.5 Å². The molecule has 1 N–H and O–H groups in total. The van der Waals surface area contributed by atoms with Crippen molar-refractivity contribution in [2.45, 2.75) is 41.0 Å². The Bertz CT molecular complexity index is 645. The maximum Gasteiger partial charge on any atom is 0.0460 e. The predicted octanol–water partition coefficient (Wildman–Crippen LogP) is 6.28. The van der Waals surface area contributed by atoms with E-state index in [-0.39, 0.29) is 0 Å². The summed E-state index contributed by atoms with van der Waals surface area (Å²) in [4.78, 5) is 0. The van der Waals surface area contributed by atoms with Crippen LogP contribution in [-0.2, 0) is 6.42 Å². The molecule has 0 amide bonds. The minimum atomic E-state index is 0.653. The zero-order valence-electron chi connectivity index (χ0n) is 14.4. The van der Waals surface area contributed by atoms with Crippen LogP contribution in [0.4, 0.5) is 11.4 Å². The summed E-state index contributed by atoms with van der Waals surface area (Å²) in [7, 11) is 0. The van der Waals surface area contributed by atoms with Crippen molar-refractivity contribution >= 4 is 17.5 Å². The molecule has 2 rings (SSSR count). The molecular weight excluding hydrogens is 266 g/mol. The van der Waals surface area contributed by atoms with E-state index < -0.39 is 0 Å². The number of benzene rings is 2. The largest absolute Gasteiger partial charge is 0.355 e. The fourth-order valence-corrected chi connectivity index (χ4v) is 2.91. The van der Waals surface area contributed by atoms with E-state index in [9.17, 15) is 0 Å². The van der Waals surface area contributed by atoms with Crippen LogP contribution in [0, 0.1) is 19.8 Å². The lowest BCUT2D eigenvalue weighted by molar-refractivity contribution is 0.647. The van der Waals surface area contributed by atoms with Gasteiger partial charge in [0.1, 0.15) is 0 Å². The third-order valence-electron chi connectivity index (χ3n) is 3.66. The van der Waals surface area contributed by atoms with Gasteiger partial charge in [0, 0.05) is 16.9 Å². The average Bonchev–Trinajstić information content (AvgIpc) is 2.40. The molecule has 0 saturated heterocycles. The molecule has 22 heavy (non-hydrogen) atoms. The van der Waals surface area contributed by atoms with Crippen LogP contribution in [0.1, 0.15) is 43.0 Å². The van der Waals surface area contributed by atoms with Crippen molar-refractivity contribution in [1.29, 1.82) is 0 Å². The molecule has 0 bridgehead atoms. The van der Waals surface area contributed by atoms with Gasteiger partial charge in [0.15, 0.2) is 0 Å². The Hall–Kier alpha value is -2.02. The first-order valence-electron chi connectivity index (χ1n) is 8.09. The molecule has 0 fully saturated rings. The zero-order chi connectivity index (χ0) is 16.1. The van der Waals surface area contributed by atoms with Crippen LogP contribution in [0.15, 0.2) is 42.5 Å². The standard InChI is InChI=1S/C21H27N/c1-6-8-20-18(11-15(2)3)9-7-10-21(20)22-19-13-16(4)12-17(5)14-19/h6-10,12-15,22H,11H2,1-5H3/b8-6-. The quantitative estimate of drug-likeness (QED) is 0.684. The maximum atomic E-state index is 3.60. The zero-order valence-corrected chi connectivity index (χ0v) is 14.4. The molecule has 116 valence electrons. The topological polar surface area (TPSA) is 12.0 Å². The van der Waals surface area contributed by atoms with Crippen LogP contribution in [0.5, 0.6) is 0 Å². The molecule has 1 heteroatoms. The van der Waals surface area contributed by atoms with Crippen molar-refractivity contribution in [1.82, 2.24) is 0 Å². The van der Waals surface area contributed by atoms with Gasteiger partial charge >= 0.3 is 0 Å². The molecule has 1 nitrogen and oxygen atoms in total. The molecule has 0 aromatic heterocycles. The summed E-state index contributed by atoms with van der Waals surface area (Å²) in [5.74, 6) is 0.653. The molecule has 0 heterocycles. The van der Waals surface area contributed by atoms with Gasteiger partial charge < -0.3 is 5.32 Å². The van der Waals surface area contributed by atoms with Gasteiger partial charge in [0.2, 0.25) is 0 Å². The van der Waals surface area contributed by atoms with E-state index in [1.807, 2.05) is 0 Å². The lowest BCUT2D eigenvalue weighted by Gasteiger charge is -2.16. The van der Waals surface area contributed by atoms with Crippen molar-refractivity contribution in [3.8, 4) is 0 Å². The van der Waals surface area contributed by atoms with Gasteiger partial charge in [-0.2, -0.15) is 0 Å². The Morgan fingerprint density at radius 2 is 1.73 bits per heavy atom. The first-order valence-corrected chi connectivity index (χ1v) is 8.09.